The summed E-state index contributed by atoms with van der Waals surface area (Å²) in [4.78, 5) is 11.8. The molecule has 0 spiro atoms. The second-order valence-electron chi connectivity index (χ2n) is 3.92. The number of rotatable bonds is 4. The van der Waals surface area contributed by atoms with Gasteiger partial charge in [0.1, 0.15) is 0 Å². The van der Waals surface area contributed by atoms with Crippen LogP contribution >= 0.6 is 12.2 Å². The maximum Gasteiger partial charge on any atom is 0.234 e. The summed E-state index contributed by atoms with van der Waals surface area (Å²) in [5, 5.41) is 6.82. The molecule has 0 aliphatic carbocycles. The lowest BCUT2D eigenvalue weighted by Crippen LogP contribution is -2.30. The van der Waals surface area contributed by atoms with E-state index in [1.807, 2.05) is 13.8 Å². The van der Waals surface area contributed by atoms with E-state index in [2.05, 4.69) is 10.4 Å². The molecule has 0 aliphatic rings. The normalized spacial score (nSPS) is 12.5. The van der Waals surface area contributed by atoms with Crippen molar-refractivity contribution in [1.29, 1.82) is 0 Å². The Bertz CT molecular complexity index is 399. The molecule has 0 saturated heterocycles. The molecule has 6 heteroatoms. The maximum absolute atomic E-state index is 11.6. The molecule has 0 fully saturated rings. The van der Waals surface area contributed by atoms with Crippen molar-refractivity contribution in [3.8, 4) is 0 Å². The molecule has 1 amide bonds. The van der Waals surface area contributed by atoms with E-state index in [0.29, 0.717) is 5.69 Å². The molecule has 1 rings (SSSR count). The first-order valence-electron chi connectivity index (χ1n) is 5.06. The van der Waals surface area contributed by atoms with E-state index in [1.165, 1.54) is 0 Å². The highest BCUT2D eigenvalue weighted by Gasteiger charge is 2.16. The molecule has 88 valence electrons. The number of carbonyl (C=O) groups excluding carboxylic acids is 1. The van der Waals surface area contributed by atoms with Crippen molar-refractivity contribution < 1.29 is 4.79 Å². The van der Waals surface area contributed by atoms with Crippen molar-refractivity contribution in [2.75, 3.05) is 5.32 Å². The number of aromatic nitrogens is 2. The van der Waals surface area contributed by atoms with Gasteiger partial charge in [-0.25, -0.2) is 0 Å². The van der Waals surface area contributed by atoms with Crippen LogP contribution in [0.5, 0.6) is 0 Å². The zero-order valence-corrected chi connectivity index (χ0v) is 10.4. The minimum atomic E-state index is -0.475. The number of hydrogen-bond donors (Lipinski definition) is 2. The minimum Gasteiger partial charge on any atom is -0.393 e. The molecule has 1 unspecified atom stereocenters. The van der Waals surface area contributed by atoms with Gasteiger partial charge in [-0.1, -0.05) is 12.2 Å². The summed E-state index contributed by atoms with van der Waals surface area (Å²) in [5.41, 5.74) is 6.05. The molecule has 1 aromatic rings. The van der Waals surface area contributed by atoms with Gasteiger partial charge in [-0.05, 0) is 20.8 Å². The number of hydrogen-bond acceptors (Lipinski definition) is 3. The molecule has 0 radical (unpaired) electrons. The largest absolute Gasteiger partial charge is 0.393 e. The van der Waals surface area contributed by atoms with Crippen LogP contribution in [0.15, 0.2) is 12.4 Å². The van der Waals surface area contributed by atoms with Crippen molar-refractivity contribution in [1.82, 2.24) is 9.78 Å². The lowest BCUT2D eigenvalue weighted by Gasteiger charge is -2.08. The van der Waals surface area contributed by atoms with Crippen molar-refractivity contribution in [3.63, 3.8) is 0 Å². The Morgan fingerprint density at radius 3 is 2.62 bits per heavy atom. The molecule has 0 saturated carbocycles. The van der Waals surface area contributed by atoms with Crippen LogP contribution in [0, 0.1) is 5.92 Å². The van der Waals surface area contributed by atoms with Crippen LogP contribution in [0.4, 0.5) is 5.69 Å². The van der Waals surface area contributed by atoms with Crippen molar-refractivity contribution in [3.05, 3.63) is 12.4 Å². The molecule has 1 aromatic heterocycles. The van der Waals surface area contributed by atoms with E-state index in [9.17, 15) is 4.79 Å². The molecule has 3 N–H and O–H groups in total. The molecular formula is C10H16N4OS. The molecule has 1 atom stereocenters. The molecule has 5 nitrogen and oxygen atoms in total. The van der Waals surface area contributed by atoms with Gasteiger partial charge in [0, 0.05) is 12.2 Å². The van der Waals surface area contributed by atoms with Gasteiger partial charge < -0.3 is 11.1 Å². The highest BCUT2D eigenvalue weighted by molar-refractivity contribution is 7.80. The van der Waals surface area contributed by atoms with E-state index in [0.717, 1.165) is 0 Å². The van der Waals surface area contributed by atoms with E-state index in [-0.39, 0.29) is 16.9 Å². The quantitative estimate of drug-likeness (QED) is 0.779. The van der Waals surface area contributed by atoms with Crippen LogP contribution in [-0.4, -0.2) is 20.7 Å². The van der Waals surface area contributed by atoms with Crippen molar-refractivity contribution >= 4 is 28.8 Å². The summed E-state index contributed by atoms with van der Waals surface area (Å²) < 4.78 is 1.76. The van der Waals surface area contributed by atoms with E-state index < -0.39 is 5.92 Å². The van der Waals surface area contributed by atoms with Crippen LogP contribution in [0.1, 0.15) is 26.8 Å². The first-order valence-corrected chi connectivity index (χ1v) is 5.47. The zero-order chi connectivity index (χ0) is 12.3. The smallest absolute Gasteiger partial charge is 0.234 e. The molecule has 0 aliphatic heterocycles. The Kier molecular flexibility index (Phi) is 4.00. The van der Waals surface area contributed by atoms with Gasteiger partial charge in [0.15, 0.2) is 0 Å². The second kappa shape index (κ2) is 5.07. The Morgan fingerprint density at radius 1 is 1.56 bits per heavy atom. The Morgan fingerprint density at radius 2 is 2.19 bits per heavy atom. The van der Waals surface area contributed by atoms with Crippen LogP contribution < -0.4 is 11.1 Å². The number of amides is 1. The first kappa shape index (κ1) is 12.6. The second-order valence-corrected chi connectivity index (χ2v) is 4.39. The van der Waals surface area contributed by atoms with Gasteiger partial charge in [-0.2, -0.15) is 5.10 Å². The Labute approximate surface area is 100 Å². The van der Waals surface area contributed by atoms with Gasteiger partial charge in [-0.3, -0.25) is 9.48 Å². The SMILES string of the molecule is CC(C(=O)Nc1cnn(C(C)C)c1)C(N)=S. The molecule has 0 bridgehead atoms. The fourth-order valence-corrected chi connectivity index (χ4v) is 1.17. The maximum atomic E-state index is 11.6. The number of nitrogens with one attached hydrogen (secondary N) is 1. The average Bonchev–Trinajstić information content (AvgIpc) is 2.64. The number of nitrogens with zero attached hydrogens (tertiary/aromatic N) is 2. The number of thiocarbonyl (C=S) groups is 1. The monoisotopic (exact) mass is 240 g/mol. The highest BCUT2D eigenvalue weighted by atomic mass is 32.1. The third kappa shape index (κ3) is 3.03. The van der Waals surface area contributed by atoms with Crippen molar-refractivity contribution in [2.45, 2.75) is 26.8 Å². The number of carbonyl (C=O) groups is 1. The first-order chi connectivity index (χ1) is 7.41. The summed E-state index contributed by atoms with van der Waals surface area (Å²) in [6.07, 6.45) is 3.37. The molecular weight excluding hydrogens is 224 g/mol. The zero-order valence-electron chi connectivity index (χ0n) is 9.60. The van der Waals surface area contributed by atoms with Gasteiger partial charge in [0.25, 0.3) is 0 Å². The van der Waals surface area contributed by atoms with Crippen LogP contribution in [0.3, 0.4) is 0 Å². The van der Waals surface area contributed by atoms with E-state index in [4.69, 9.17) is 18.0 Å². The summed E-state index contributed by atoms with van der Waals surface area (Å²) in [5.74, 6) is -0.687. The fourth-order valence-electron chi connectivity index (χ4n) is 1.06. The van der Waals surface area contributed by atoms with E-state index >= 15 is 0 Å². The topological polar surface area (TPSA) is 72.9 Å². The summed E-state index contributed by atoms with van der Waals surface area (Å²) >= 11 is 4.75. The predicted octanol–water partition coefficient (Wildman–Crippen LogP) is 1.32. The van der Waals surface area contributed by atoms with Crippen LogP contribution in [-0.2, 0) is 4.79 Å². The third-order valence-electron chi connectivity index (χ3n) is 2.22. The Hall–Kier alpha value is -1.43. The van der Waals surface area contributed by atoms with Crippen LogP contribution in [0.2, 0.25) is 0 Å². The fraction of sp³-hybridized carbons (Fsp3) is 0.500. The molecule has 1 heterocycles. The standard InChI is InChI=1S/C10H16N4OS/c1-6(2)14-5-8(4-12-14)13-10(15)7(3)9(11)16/h4-7H,1-3H3,(H2,11,16)(H,13,15). The molecule has 16 heavy (non-hydrogen) atoms. The van der Waals surface area contributed by atoms with Gasteiger partial charge in [-0.15, -0.1) is 0 Å². The summed E-state index contributed by atoms with van der Waals surface area (Å²) in [7, 11) is 0. The average molecular weight is 240 g/mol. The minimum absolute atomic E-state index is 0.189. The Balaban J connectivity index is 2.66. The summed E-state index contributed by atoms with van der Waals surface area (Å²) in [6.45, 7) is 5.69. The lowest BCUT2D eigenvalue weighted by molar-refractivity contribution is -0.117. The number of nitrogens with two attached hydrogens (primary N) is 1. The number of anilines is 1. The van der Waals surface area contributed by atoms with E-state index in [1.54, 1.807) is 24.0 Å². The van der Waals surface area contributed by atoms with Gasteiger partial charge in [0.2, 0.25) is 5.91 Å². The lowest BCUT2D eigenvalue weighted by atomic mass is 10.1. The third-order valence-corrected chi connectivity index (χ3v) is 2.57. The highest BCUT2D eigenvalue weighted by Crippen LogP contribution is 2.11. The predicted molar refractivity (Wildman–Crippen MR) is 67.2 cm³/mol. The summed E-state index contributed by atoms with van der Waals surface area (Å²) in [6, 6.07) is 0.263. The van der Waals surface area contributed by atoms with Gasteiger partial charge >= 0.3 is 0 Å². The molecule has 0 aromatic carbocycles. The van der Waals surface area contributed by atoms with Crippen LogP contribution in [0.25, 0.3) is 0 Å². The van der Waals surface area contributed by atoms with Crippen molar-refractivity contribution in [2.24, 2.45) is 11.7 Å². The van der Waals surface area contributed by atoms with Gasteiger partial charge in [0.05, 0.1) is 22.8 Å².